The third-order valence-corrected chi connectivity index (χ3v) is 0.863. The Hall–Kier alpha value is -1.38. The standard InChI is InChI=1S/C6H6N2O/c9-5-6-3-1-2-4-7-8-6/h1-5,7H. The average molecular weight is 122 g/mol. The zero-order valence-corrected chi connectivity index (χ0v) is 4.74. The number of carbonyl (C=O) groups excluding carboxylic acids is 1. The summed E-state index contributed by atoms with van der Waals surface area (Å²) in [7, 11) is 0. The van der Waals surface area contributed by atoms with Gasteiger partial charge in [-0.15, -0.1) is 0 Å². The molecule has 0 spiro atoms. The first-order chi connectivity index (χ1) is 4.43. The number of aldehydes is 1. The molecule has 1 heterocycles. The van der Waals surface area contributed by atoms with Crippen LogP contribution < -0.4 is 5.43 Å². The molecule has 0 saturated carbocycles. The van der Waals surface area contributed by atoms with Crippen molar-refractivity contribution in [3.63, 3.8) is 0 Å². The molecule has 0 unspecified atom stereocenters. The second kappa shape index (κ2) is 2.81. The molecule has 9 heavy (non-hydrogen) atoms. The van der Waals surface area contributed by atoms with Crippen molar-refractivity contribution >= 4 is 12.0 Å². The summed E-state index contributed by atoms with van der Waals surface area (Å²) in [5, 5.41) is 3.67. The van der Waals surface area contributed by atoms with Crippen molar-refractivity contribution in [3.8, 4) is 0 Å². The van der Waals surface area contributed by atoms with Crippen molar-refractivity contribution in [2.75, 3.05) is 0 Å². The molecule has 0 aromatic heterocycles. The molecule has 0 radical (unpaired) electrons. The van der Waals surface area contributed by atoms with Crippen LogP contribution in [0, 0.1) is 0 Å². The average Bonchev–Trinajstić information content (AvgIpc) is 2.13. The Morgan fingerprint density at radius 2 is 2.44 bits per heavy atom. The number of hydrogen-bond donors (Lipinski definition) is 1. The minimum Gasteiger partial charge on any atom is -0.296 e. The van der Waals surface area contributed by atoms with E-state index in [0.717, 1.165) is 0 Å². The number of allylic oxidation sites excluding steroid dienone is 3. The number of hydrogen-bond acceptors (Lipinski definition) is 3. The van der Waals surface area contributed by atoms with Gasteiger partial charge in [-0.05, 0) is 12.2 Å². The molecule has 0 fully saturated rings. The van der Waals surface area contributed by atoms with Gasteiger partial charge in [-0.25, -0.2) is 0 Å². The lowest BCUT2D eigenvalue weighted by Gasteiger charge is -1.85. The molecule has 3 heteroatoms. The van der Waals surface area contributed by atoms with Gasteiger partial charge in [-0.1, -0.05) is 6.08 Å². The molecular weight excluding hydrogens is 116 g/mol. The Morgan fingerprint density at radius 3 is 3.22 bits per heavy atom. The van der Waals surface area contributed by atoms with E-state index in [9.17, 15) is 4.79 Å². The Morgan fingerprint density at radius 1 is 1.56 bits per heavy atom. The van der Waals surface area contributed by atoms with E-state index in [1.54, 1.807) is 24.4 Å². The lowest BCUT2D eigenvalue weighted by molar-refractivity contribution is -0.102. The van der Waals surface area contributed by atoms with E-state index in [1.165, 1.54) is 0 Å². The topological polar surface area (TPSA) is 41.5 Å². The van der Waals surface area contributed by atoms with Gasteiger partial charge in [0.1, 0.15) is 5.71 Å². The molecule has 1 aliphatic rings. The summed E-state index contributed by atoms with van der Waals surface area (Å²) in [5.74, 6) is 0. The fourth-order valence-electron chi connectivity index (χ4n) is 0.467. The summed E-state index contributed by atoms with van der Waals surface area (Å²) in [4.78, 5) is 10.1. The fraction of sp³-hybridized carbons (Fsp3) is 0. The molecule has 0 amide bonds. The van der Waals surface area contributed by atoms with Crippen LogP contribution >= 0.6 is 0 Å². The molecule has 1 N–H and O–H groups in total. The van der Waals surface area contributed by atoms with Crippen molar-refractivity contribution < 1.29 is 4.79 Å². The Labute approximate surface area is 52.8 Å². The first-order valence-corrected chi connectivity index (χ1v) is 2.55. The van der Waals surface area contributed by atoms with E-state index in [2.05, 4.69) is 10.5 Å². The molecule has 0 aliphatic carbocycles. The first-order valence-electron chi connectivity index (χ1n) is 2.55. The van der Waals surface area contributed by atoms with Gasteiger partial charge in [0.15, 0.2) is 6.29 Å². The maximum absolute atomic E-state index is 10.1. The van der Waals surface area contributed by atoms with Crippen LogP contribution in [0.5, 0.6) is 0 Å². The van der Waals surface area contributed by atoms with Gasteiger partial charge in [-0.2, -0.15) is 5.10 Å². The largest absolute Gasteiger partial charge is 0.296 e. The van der Waals surface area contributed by atoms with Crippen LogP contribution in [0.25, 0.3) is 0 Å². The third kappa shape index (κ3) is 1.53. The van der Waals surface area contributed by atoms with E-state index >= 15 is 0 Å². The molecule has 0 bridgehead atoms. The van der Waals surface area contributed by atoms with Crippen LogP contribution in [0.2, 0.25) is 0 Å². The van der Waals surface area contributed by atoms with E-state index in [0.29, 0.717) is 12.0 Å². The van der Waals surface area contributed by atoms with Crippen LogP contribution in [-0.2, 0) is 4.79 Å². The van der Waals surface area contributed by atoms with Crippen LogP contribution in [0.4, 0.5) is 0 Å². The summed E-state index contributed by atoms with van der Waals surface area (Å²) in [6.07, 6.45) is 7.47. The summed E-state index contributed by atoms with van der Waals surface area (Å²) in [6.45, 7) is 0. The zero-order chi connectivity index (χ0) is 6.53. The monoisotopic (exact) mass is 122 g/mol. The maximum Gasteiger partial charge on any atom is 0.170 e. The number of carbonyl (C=O) groups is 1. The van der Waals surface area contributed by atoms with Gasteiger partial charge >= 0.3 is 0 Å². The van der Waals surface area contributed by atoms with Crippen molar-refractivity contribution in [2.45, 2.75) is 0 Å². The first kappa shape index (κ1) is 5.75. The number of hydrazone groups is 1. The number of nitrogens with one attached hydrogen (secondary N) is 1. The molecular formula is C6H6N2O. The number of rotatable bonds is 1. The van der Waals surface area contributed by atoms with E-state index in [4.69, 9.17) is 0 Å². The van der Waals surface area contributed by atoms with Gasteiger partial charge < -0.3 is 0 Å². The highest BCUT2D eigenvalue weighted by Crippen LogP contribution is 1.83. The van der Waals surface area contributed by atoms with Crippen LogP contribution in [0.3, 0.4) is 0 Å². The van der Waals surface area contributed by atoms with Crippen LogP contribution in [-0.4, -0.2) is 12.0 Å². The predicted molar refractivity (Wildman–Crippen MR) is 34.9 cm³/mol. The normalized spacial score (nSPS) is 15.8. The Bertz CT molecular complexity index is 191. The molecule has 46 valence electrons. The molecule has 3 nitrogen and oxygen atoms in total. The molecule has 0 aromatic rings. The fourth-order valence-corrected chi connectivity index (χ4v) is 0.467. The minimum absolute atomic E-state index is 0.403. The van der Waals surface area contributed by atoms with E-state index < -0.39 is 0 Å². The highest BCUT2D eigenvalue weighted by Gasteiger charge is 1.88. The van der Waals surface area contributed by atoms with Crippen LogP contribution in [0.1, 0.15) is 0 Å². The maximum atomic E-state index is 10.1. The van der Waals surface area contributed by atoms with Gasteiger partial charge in [-0.3, -0.25) is 10.2 Å². The summed E-state index contributed by atoms with van der Waals surface area (Å²) >= 11 is 0. The second-order valence-electron chi connectivity index (χ2n) is 1.50. The van der Waals surface area contributed by atoms with Gasteiger partial charge in [0, 0.05) is 6.20 Å². The van der Waals surface area contributed by atoms with E-state index in [1.807, 2.05) is 0 Å². The molecule has 1 aliphatic heterocycles. The lowest BCUT2D eigenvalue weighted by atomic mass is 10.3. The quantitative estimate of drug-likeness (QED) is 0.505. The van der Waals surface area contributed by atoms with Gasteiger partial charge in [0.2, 0.25) is 0 Å². The minimum atomic E-state index is 0.403. The summed E-state index contributed by atoms with van der Waals surface area (Å²) in [6, 6.07) is 0. The van der Waals surface area contributed by atoms with Crippen LogP contribution in [0.15, 0.2) is 29.5 Å². The highest BCUT2D eigenvalue weighted by molar-refractivity contribution is 6.33. The lowest BCUT2D eigenvalue weighted by Crippen LogP contribution is -2.00. The van der Waals surface area contributed by atoms with E-state index in [-0.39, 0.29) is 0 Å². The SMILES string of the molecule is O=CC1=NNC=CC=C1. The molecule has 0 atom stereocenters. The molecule has 0 aromatic carbocycles. The van der Waals surface area contributed by atoms with Gasteiger partial charge in [0.05, 0.1) is 0 Å². The predicted octanol–water partition coefficient (Wildman–Crippen LogP) is 0.214. The summed E-state index contributed by atoms with van der Waals surface area (Å²) < 4.78 is 0. The van der Waals surface area contributed by atoms with Crippen molar-refractivity contribution in [2.24, 2.45) is 5.10 Å². The van der Waals surface area contributed by atoms with Crippen molar-refractivity contribution in [1.82, 2.24) is 5.43 Å². The second-order valence-corrected chi connectivity index (χ2v) is 1.50. The zero-order valence-electron chi connectivity index (χ0n) is 4.74. The third-order valence-electron chi connectivity index (χ3n) is 0.863. The van der Waals surface area contributed by atoms with Crippen molar-refractivity contribution in [3.05, 3.63) is 24.4 Å². The number of nitrogens with zero attached hydrogens (tertiary/aromatic N) is 1. The highest BCUT2D eigenvalue weighted by atomic mass is 16.1. The molecule has 1 rings (SSSR count). The summed E-state index contributed by atoms with van der Waals surface area (Å²) in [5.41, 5.74) is 2.96. The smallest absolute Gasteiger partial charge is 0.170 e. The van der Waals surface area contributed by atoms with Crippen molar-refractivity contribution in [1.29, 1.82) is 0 Å². The Kier molecular flexibility index (Phi) is 1.80. The molecule has 0 saturated heterocycles. The Balaban J connectivity index is 2.74. The van der Waals surface area contributed by atoms with Gasteiger partial charge in [0.25, 0.3) is 0 Å².